The smallest absolute Gasteiger partial charge is 0.174 e. The van der Waals surface area contributed by atoms with E-state index in [1.165, 1.54) is 0 Å². The predicted molar refractivity (Wildman–Crippen MR) is 148 cm³/mol. The van der Waals surface area contributed by atoms with Crippen LogP contribution in [0, 0.1) is 18.3 Å². The number of pyridine rings is 1. The number of H-pyrrole nitrogens is 1. The minimum Gasteiger partial charge on any atom is -0.380 e. The number of ketones is 1. The maximum Gasteiger partial charge on any atom is 0.174 e. The largest absolute Gasteiger partial charge is 0.380 e. The second-order valence-corrected chi connectivity index (χ2v) is 11.2. The van der Waals surface area contributed by atoms with Crippen LogP contribution in [-0.4, -0.2) is 45.9 Å². The van der Waals surface area contributed by atoms with Crippen molar-refractivity contribution in [2.45, 2.75) is 31.8 Å². The summed E-state index contributed by atoms with van der Waals surface area (Å²) >= 11 is 0. The van der Waals surface area contributed by atoms with Crippen LogP contribution < -0.4 is 16.0 Å². The molecule has 2 fully saturated rings. The van der Waals surface area contributed by atoms with Crippen molar-refractivity contribution in [1.29, 1.82) is 0 Å². The monoisotopic (exact) mass is 503 g/mol. The van der Waals surface area contributed by atoms with Gasteiger partial charge in [0.25, 0.3) is 0 Å². The molecule has 0 aromatic carbocycles. The third kappa shape index (κ3) is 3.45. The van der Waals surface area contributed by atoms with Gasteiger partial charge in [-0.1, -0.05) is 0 Å². The van der Waals surface area contributed by atoms with E-state index in [-0.39, 0.29) is 11.7 Å². The molecular formula is C31H29N5O2. The SMILES string of the molecule is Cc1cc(C23C=CC(=N2)C=c2ccc([nH]2)=CC2=NC(=CC4(C5COC5)NC(=C3)C(C)(C)C4=O)C=C2)ccn1. The number of allylic oxidation sites excluding steroid dienone is 4. The molecule has 2 atom stereocenters. The number of aromatic amines is 1. The molecule has 2 aromatic heterocycles. The Kier molecular flexibility index (Phi) is 4.82. The van der Waals surface area contributed by atoms with Crippen molar-refractivity contribution < 1.29 is 9.53 Å². The van der Waals surface area contributed by atoms with E-state index in [1.807, 2.05) is 81.6 Å². The highest BCUT2D eigenvalue weighted by molar-refractivity contribution is 6.20. The fourth-order valence-electron chi connectivity index (χ4n) is 5.92. The predicted octanol–water partition coefficient (Wildman–Crippen LogP) is 2.56. The molecular weight excluding hydrogens is 474 g/mol. The summed E-state index contributed by atoms with van der Waals surface area (Å²) in [6, 6.07) is 8.14. The average molecular weight is 504 g/mol. The van der Waals surface area contributed by atoms with Crippen molar-refractivity contribution in [2.75, 3.05) is 13.2 Å². The lowest BCUT2D eigenvalue weighted by Gasteiger charge is -2.40. The summed E-state index contributed by atoms with van der Waals surface area (Å²) in [5, 5.41) is 5.62. The number of rotatable bonds is 2. The number of hydrogen-bond donors (Lipinski definition) is 2. The first kappa shape index (κ1) is 23.0. The molecule has 0 amide bonds. The third-order valence-electron chi connectivity index (χ3n) is 8.18. The number of carbonyl (C=O) groups is 1. The van der Waals surface area contributed by atoms with E-state index in [1.54, 1.807) is 0 Å². The third-order valence-corrected chi connectivity index (χ3v) is 8.18. The van der Waals surface area contributed by atoms with E-state index in [0.717, 1.165) is 44.8 Å². The molecule has 2 N–H and O–H groups in total. The van der Waals surface area contributed by atoms with Crippen molar-refractivity contribution in [1.82, 2.24) is 15.3 Å². The normalized spacial score (nSPS) is 29.0. The zero-order valence-corrected chi connectivity index (χ0v) is 21.7. The number of nitrogens with one attached hydrogen (secondary N) is 2. The topological polar surface area (TPSA) is 91.7 Å². The zero-order valence-electron chi connectivity index (χ0n) is 21.7. The second kappa shape index (κ2) is 7.95. The second-order valence-electron chi connectivity index (χ2n) is 11.2. The van der Waals surface area contributed by atoms with Crippen LogP contribution in [0.5, 0.6) is 0 Å². The first-order chi connectivity index (χ1) is 18.3. The molecule has 2 unspecified atom stereocenters. The Hall–Kier alpha value is -4.10. The molecule has 0 radical (unpaired) electrons. The number of ether oxygens (including phenoxy) is 1. The van der Waals surface area contributed by atoms with Gasteiger partial charge >= 0.3 is 0 Å². The Labute approximate surface area is 220 Å². The van der Waals surface area contributed by atoms with Gasteiger partial charge in [-0.2, -0.15) is 0 Å². The number of Topliss-reactive ketones (excluding diaryl/α,β-unsaturated/α-hetero) is 1. The molecule has 2 saturated heterocycles. The zero-order chi connectivity index (χ0) is 26.1. The molecule has 7 rings (SSSR count). The molecule has 0 aliphatic carbocycles. The fourth-order valence-corrected chi connectivity index (χ4v) is 5.92. The Morgan fingerprint density at radius 2 is 1.79 bits per heavy atom. The molecule has 2 aromatic rings. The van der Waals surface area contributed by atoms with E-state index in [2.05, 4.69) is 33.5 Å². The number of aryl methyl sites for hydroxylation is 1. The summed E-state index contributed by atoms with van der Waals surface area (Å²) in [7, 11) is 0. The summed E-state index contributed by atoms with van der Waals surface area (Å²) < 4.78 is 5.59. The Morgan fingerprint density at radius 1 is 1.00 bits per heavy atom. The Morgan fingerprint density at radius 3 is 2.53 bits per heavy atom. The Bertz CT molecular complexity index is 1690. The van der Waals surface area contributed by atoms with Gasteiger partial charge in [0.2, 0.25) is 0 Å². The van der Waals surface area contributed by atoms with Crippen LogP contribution in [0.4, 0.5) is 0 Å². The van der Waals surface area contributed by atoms with E-state index >= 15 is 0 Å². The summed E-state index contributed by atoms with van der Waals surface area (Å²) in [4.78, 5) is 32.2. The molecule has 0 spiro atoms. The van der Waals surface area contributed by atoms with Gasteiger partial charge < -0.3 is 15.0 Å². The summed E-state index contributed by atoms with van der Waals surface area (Å²) in [6.07, 6.45) is 18.1. The van der Waals surface area contributed by atoms with Gasteiger partial charge in [0.1, 0.15) is 11.1 Å². The van der Waals surface area contributed by atoms with E-state index < -0.39 is 16.5 Å². The van der Waals surface area contributed by atoms with Crippen molar-refractivity contribution in [3.05, 3.63) is 100 Å². The molecule has 5 aliphatic heterocycles. The lowest BCUT2D eigenvalue weighted by molar-refractivity contribution is -0.136. The molecule has 190 valence electrons. The molecule has 7 heterocycles. The van der Waals surface area contributed by atoms with Crippen molar-refractivity contribution in [3.63, 3.8) is 0 Å². The number of aromatic nitrogens is 2. The first-order valence-electron chi connectivity index (χ1n) is 13.0. The van der Waals surface area contributed by atoms with Crippen LogP contribution in [0.2, 0.25) is 0 Å². The van der Waals surface area contributed by atoms with Gasteiger partial charge in [-0.05, 0) is 99.2 Å². The summed E-state index contributed by atoms with van der Waals surface area (Å²) in [5.41, 5.74) is 2.75. The van der Waals surface area contributed by atoms with Crippen molar-refractivity contribution >= 4 is 29.4 Å². The fraction of sp³-hybridized carbons (Fsp3) is 0.290. The van der Waals surface area contributed by atoms with Crippen LogP contribution in [0.3, 0.4) is 0 Å². The van der Waals surface area contributed by atoms with Crippen LogP contribution in [0.25, 0.3) is 12.2 Å². The highest BCUT2D eigenvalue weighted by Crippen LogP contribution is 2.47. The number of hydrogen-bond acceptors (Lipinski definition) is 6. The quantitative estimate of drug-likeness (QED) is 0.659. The lowest BCUT2D eigenvalue weighted by atomic mass is 9.72. The lowest BCUT2D eigenvalue weighted by Crippen LogP contribution is -2.58. The van der Waals surface area contributed by atoms with Crippen LogP contribution in [0.15, 0.2) is 88.3 Å². The van der Waals surface area contributed by atoms with Gasteiger partial charge in [-0.15, -0.1) is 0 Å². The molecule has 38 heavy (non-hydrogen) atoms. The molecule has 7 heteroatoms. The number of nitrogens with zero attached hydrogens (tertiary/aromatic N) is 3. The molecule has 0 saturated carbocycles. The van der Waals surface area contributed by atoms with Crippen LogP contribution >= 0.6 is 0 Å². The highest BCUT2D eigenvalue weighted by atomic mass is 16.5. The van der Waals surface area contributed by atoms with Gasteiger partial charge in [0.05, 0.1) is 35.7 Å². The van der Waals surface area contributed by atoms with Crippen LogP contribution in [0.1, 0.15) is 25.1 Å². The number of carbonyl (C=O) groups excluding carboxylic acids is 1. The standard InChI is InChI=1S/C31H29N5O2/c1-19-12-20(9-11-32-19)30-10-8-25(35-30)14-24-5-4-22(33-24)13-23-6-7-26(34-23)15-31(21-17-38-18-21)28(37)29(2,3)27(16-30)36-31/h4-16,21,33,36H,17-18H2,1-3H3. The minimum absolute atomic E-state index is 0.0137. The number of aliphatic imine (C=N–C) groups is 2. The van der Waals surface area contributed by atoms with Crippen molar-refractivity contribution in [3.8, 4) is 0 Å². The molecule has 7 nitrogen and oxygen atoms in total. The van der Waals surface area contributed by atoms with Gasteiger partial charge in [0, 0.05) is 34.2 Å². The van der Waals surface area contributed by atoms with Crippen molar-refractivity contribution in [2.24, 2.45) is 21.3 Å². The van der Waals surface area contributed by atoms with E-state index in [9.17, 15) is 4.79 Å². The molecule has 5 aliphatic rings. The summed E-state index contributed by atoms with van der Waals surface area (Å²) in [5.74, 6) is 0.134. The van der Waals surface area contributed by atoms with Gasteiger partial charge in [0.15, 0.2) is 5.78 Å². The van der Waals surface area contributed by atoms with Gasteiger partial charge in [-0.3, -0.25) is 14.8 Å². The average Bonchev–Trinajstić information content (AvgIpc) is 3.60. The first-order valence-corrected chi connectivity index (χ1v) is 13.0. The molecule has 8 bridgehead atoms. The minimum atomic E-state index is -0.917. The Balaban J connectivity index is 1.51. The number of fused-ring (bicyclic) bond motifs is 6. The highest BCUT2D eigenvalue weighted by Gasteiger charge is 2.59. The maximum absolute atomic E-state index is 14.3. The van der Waals surface area contributed by atoms with E-state index in [0.29, 0.717) is 13.2 Å². The summed E-state index contributed by atoms with van der Waals surface area (Å²) in [6.45, 7) is 7.02. The van der Waals surface area contributed by atoms with Gasteiger partial charge in [-0.25, -0.2) is 4.99 Å². The van der Waals surface area contributed by atoms with Crippen LogP contribution in [-0.2, 0) is 15.1 Å². The van der Waals surface area contributed by atoms with E-state index in [4.69, 9.17) is 14.7 Å². The maximum atomic E-state index is 14.3.